The molecule has 1 aliphatic rings. The van der Waals surface area contributed by atoms with Crippen LogP contribution in [-0.2, 0) is 4.79 Å². The topological polar surface area (TPSA) is 67.9 Å². The van der Waals surface area contributed by atoms with Crippen molar-refractivity contribution in [1.29, 1.82) is 0 Å². The molecule has 2 amide bonds. The fourth-order valence-electron chi connectivity index (χ4n) is 3.32. The molecule has 2 aromatic carbocycles. The largest absolute Gasteiger partial charge is 0.493 e. The number of carbonyl (C=O) groups is 2. The number of alkyl halides is 2. The van der Waals surface area contributed by atoms with Gasteiger partial charge in [-0.3, -0.25) is 9.59 Å². The van der Waals surface area contributed by atoms with Crippen molar-refractivity contribution in [3.05, 3.63) is 54.1 Å². The van der Waals surface area contributed by atoms with Crippen LogP contribution in [0.4, 0.5) is 14.5 Å². The molecule has 6 nitrogen and oxygen atoms in total. The molecule has 1 fully saturated rings. The van der Waals surface area contributed by atoms with Gasteiger partial charge in [0.2, 0.25) is 5.91 Å². The number of anilines is 1. The second kappa shape index (κ2) is 9.36. The normalized spacial score (nSPS) is 16.4. The van der Waals surface area contributed by atoms with Gasteiger partial charge in [0.1, 0.15) is 0 Å². The van der Waals surface area contributed by atoms with Gasteiger partial charge in [0.05, 0.1) is 13.0 Å². The van der Waals surface area contributed by atoms with Crippen molar-refractivity contribution in [3.63, 3.8) is 0 Å². The number of nitrogens with one attached hydrogen (secondary N) is 1. The molecule has 29 heavy (non-hydrogen) atoms. The molecule has 1 aliphatic heterocycles. The first-order valence-corrected chi connectivity index (χ1v) is 9.26. The first kappa shape index (κ1) is 20.6. The van der Waals surface area contributed by atoms with Gasteiger partial charge in [-0.25, -0.2) is 0 Å². The SMILES string of the molecule is COc1cc(C(=O)N2CCCC(C(=O)Nc3ccccc3)C2)ccc1OC(F)F. The Morgan fingerprint density at radius 2 is 1.90 bits per heavy atom. The zero-order chi connectivity index (χ0) is 20.8. The summed E-state index contributed by atoms with van der Waals surface area (Å²) in [5.41, 5.74) is 0.993. The Labute approximate surface area is 167 Å². The van der Waals surface area contributed by atoms with Gasteiger partial charge in [0.25, 0.3) is 5.91 Å². The fourth-order valence-corrected chi connectivity index (χ4v) is 3.32. The average Bonchev–Trinajstić information content (AvgIpc) is 2.74. The second-order valence-corrected chi connectivity index (χ2v) is 6.69. The first-order valence-electron chi connectivity index (χ1n) is 9.26. The van der Waals surface area contributed by atoms with E-state index in [2.05, 4.69) is 10.1 Å². The van der Waals surface area contributed by atoms with E-state index in [9.17, 15) is 18.4 Å². The quantitative estimate of drug-likeness (QED) is 0.796. The van der Waals surface area contributed by atoms with E-state index in [-0.39, 0.29) is 41.3 Å². The number of amides is 2. The number of hydrogen-bond acceptors (Lipinski definition) is 4. The van der Waals surface area contributed by atoms with Crippen molar-refractivity contribution < 1.29 is 27.8 Å². The lowest BCUT2D eigenvalue weighted by molar-refractivity contribution is -0.121. The smallest absolute Gasteiger partial charge is 0.387 e. The molecule has 1 unspecified atom stereocenters. The lowest BCUT2D eigenvalue weighted by Crippen LogP contribution is -2.43. The molecule has 0 radical (unpaired) electrons. The number of hydrogen-bond donors (Lipinski definition) is 1. The van der Waals surface area contributed by atoms with Crippen LogP contribution in [0.3, 0.4) is 0 Å². The number of methoxy groups -OCH3 is 1. The van der Waals surface area contributed by atoms with E-state index in [1.54, 1.807) is 17.0 Å². The summed E-state index contributed by atoms with van der Waals surface area (Å²) in [5, 5.41) is 2.87. The van der Waals surface area contributed by atoms with Crippen molar-refractivity contribution in [2.45, 2.75) is 19.5 Å². The van der Waals surface area contributed by atoms with Crippen LogP contribution in [0.2, 0.25) is 0 Å². The highest BCUT2D eigenvalue weighted by Gasteiger charge is 2.29. The Hall–Kier alpha value is -3.16. The first-order chi connectivity index (χ1) is 14.0. The van der Waals surface area contributed by atoms with Gasteiger partial charge in [0, 0.05) is 24.3 Å². The minimum Gasteiger partial charge on any atom is -0.493 e. The minimum atomic E-state index is -2.99. The zero-order valence-electron chi connectivity index (χ0n) is 15.9. The Kier molecular flexibility index (Phi) is 6.64. The van der Waals surface area contributed by atoms with Crippen LogP contribution in [0.15, 0.2) is 48.5 Å². The molecule has 0 bridgehead atoms. The molecule has 1 heterocycles. The number of carbonyl (C=O) groups excluding carboxylic acids is 2. The number of nitrogens with zero attached hydrogens (tertiary/aromatic N) is 1. The van der Waals surface area contributed by atoms with Gasteiger partial charge in [-0.1, -0.05) is 18.2 Å². The van der Waals surface area contributed by atoms with Crippen LogP contribution in [-0.4, -0.2) is 43.5 Å². The summed E-state index contributed by atoms with van der Waals surface area (Å²) in [7, 11) is 1.31. The third-order valence-corrected chi connectivity index (χ3v) is 4.75. The summed E-state index contributed by atoms with van der Waals surface area (Å²) in [6, 6.07) is 13.2. The molecule has 8 heteroatoms. The van der Waals surface area contributed by atoms with Crippen LogP contribution in [0, 0.1) is 5.92 Å². The standard InChI is InChI=1S/C21H22F2N2O4/c1-28-18-12-14(9-10-17(18)29-21(22)23)20(27)25-11-5-6-15(13-25)19(26)24-16-7-3-2-4-8-16/h2-4,7-10,12,15,21H,5-6,11,13H2,1H3,(H,24,26). The molecule has 0 aliphatic carbocycles. The lowest BCUT2D eigenvalue weighted by Gasteiger charge is -2.32. The van der Waals surface area contributed by atoms with E-state index in [0.717, 1.165) is 0 Å². The number of rotatable bonds is 6. The Bertz CT molecular complexity index is 861. The van der Waals surface area contributed by atoms with Crippen LogP contribution >= 0.6 is 0 Å². The van der Waals surface area contributed by atoms with Gasteiger partial charge >= 0.3 is 6.61 Å². The highest BCUT2D eigenvalue weighted by atomic mass is 19.3. The molecule has 1 atom stereocenters. The monoisotopic (exact) mass is 404 g/mol. The third-order valence-electron chi connectivity index (χ3n) is 4.75. The van der Waals surface area contributed by atoms with Crippen molar-refractivity contribution in [2.75, 3.05) is 25.5 Å². The summed E-state index contributed by atoms with van der Waals surface area (Å²) in [5.74, 6) is -0.836. The summed E-state index contributed by atoms with van der Waals surface area (Å²) in [6.45, 7) is -2.18. The van der Waals surface area contributed by atoms with E-state index in [0.29, 0.717) is 25.1 Å². The maximum atomic E-state index is 12.9. The number of piperidine rings is 1. The van der Waals surface area contributed by atoms with Gasteiger partial charge in [0.15, 0.2) is 11.5 Å². The molecule has 0 saturated carbocycles. The average molecular weight is 404 g/mol. The van der Waals surface area contributed by atoms with E-state index in [4.69, 9.17) is 4.74 Å². The summed E-state index contributed by atoms with van der Waals surface area (Å²) >= 11 is 0. The van der Waals surface area contributed by atoms with Gasteiger partial charge in [-0.2, -0.15) is 8.78 Å². The maximum absolute atomic E-state index is 12.9. The van der Waals surface area contributed by atoms with Crippen molar-refractivity contribution in [3.8, 4) is 11.5 Å². The lowest BCUT2D eigenvalue weighted by atomic mass is 9.96. The Balaban J connectivity index is 1.68. The summed E-state index contributed by atoms with van der Waals surface area (Å²) in [6.07, 6.45) is 1.38. The van der Waals surface area contributed by atoms with Gasteiger partial charge in [-0.15, -0.1) is 0 Å². The number of para-hydroxylation sites is 1. The molecule has 3 rings (SSSR count). The van der Waals surface area contributed by atoms with E-state index in [1.165, 1.54) is 25.3 Å². The number of likely N-dealkylation sites (tertiary alicyclic amines) is 1. The molecule has 154 valence electrons. The van der Waals surface area contributed by atoms with Crippen molar-refractivity contribution in [1.82, 2.24) is 4.90 Å². The van der Waals surface area contributed by atoms with Crippen LogP contribution in [0.1, 0.15) is 23.2 Å². The van der Waals surface area contributed by atoms with E-state index < -0.39 is 6.61 Å². The van der Waals surface area contributed by atoms with Crippen LogP contribution in [0.25, 0.3) is 0 Å². The van der Waals surface area contributed by atoms with Crippen LogP contribution < -0.4 is 14.8 Å². The van der Waals surface area contributed by atoms with Gasteiger partial charge < -0.3 is 19.7 Å². The van der Waals surface area contributed by atoms with Gasteiger partial charge in [-0.05, 0) is 43.2 Å². The zero-order valence-corrected chi connectivity index (χ0v) is 15.9. The molecular formula is C21H22F2N2O4. The number of ether oxygens (including phenoxy) is 2. The number of halogens is 2. The molecule has 1 N–H and O–H groups in total. The summed E-state index contributed by atoms with van der Waals surface area (Å²) < 4.78 is 34.4. The molecular weight excluding hydrogens is 382 g/mol. The maximum Gasteiger partial charge on any atom is 0.387 e. The highest BCUT2D eigenvalue weighted by Crippen LogP contribution is 2.30. The molecule has 0 spiro atoms. The third kappa shape index (κ3) is 5.22. The van der Waals surface area contributed by atoms with E-state index in [1.807, 2.05) is 18.2 Å². The molecule has 2 aromatic rings. The summed E-state index contributed by atoms with van der Waals surface area (Å²) in [4.78, 5) is 27.0. The number of benzene rings is 2. The minimum absolute atomic E-state index is 0.0477. The van der Waals surface area contributed by atoms with Crippen molar-refractivity contribution >= 4 is 17.5 Å². The molecule has 0 aromatic heterocycles. The predicted molar refractivity (Wildman–Crippen MR) is 103 cm³/mol. The fraction of sp³-hybridized carbons (Fsp3) is 0.333. The Morgan fingerprint density at radius 1 is 1.14 bits per heavy atom. The second-order valence-electron chi connectivity index (χ2n) is 6.69. The predicted octanol–water partition coefficient (Wildman–Crippen LogP) is 3.79. The highest BCUT2D eigenvalue weighted by molar-refractivity contribution is 5.96. The van der Waals surface area contributed by atoms with Crippen LogP contribution in [0.5, 0.6) is 11.5 Å². The Morgan fingerprint density at radius 3 is 2.59 bits per heavy atom. The van der Waals surface area contributed by atoms with Crippen molar-refractivity contribution in [2.24, 2.45) is 5.92 Å². The molecule has 1 saturated heterocycles. The van der Waals surface area contributed by atoms with E-state index >= 15 is 0 Å².